The van der Waals surface area contributed by atoms with E-state index < -0.39 is 0 Å². The second-order valence-electron chi connectivity index (χ2n) is 6.76. The highest BCUT2D eigenvalue weighted by Gasteiger charge is 2.55. The van der Waals surface area contributed by atoms with Crippen molar-refractivity contribution in [2.75, 3.05) is 20.7 Å². The Labute approximate surface area is 131 Å². The van der Waals surface area contributed by atoms with E-state index in [2.05, 4.69) is 34.5 Å². The number of fused-ring (bicyclic) bond motifs is 1. The molecule has 4 atom stereocenters. The molecule has 122 valence electrons. The highest BCUT2D eigenvalue weighted by Crippen LogP contribution is 2.41. The van der Waals surface area contributed by atoms with E-state index in [1.54, 1.807) is 0 Å². The molecule has 22 heavy (non-hydrogen) atoms. The smallest absolute Gasteiger partial charge is 0.220 e. The van der Waals surface area contributed by atoms with Gasteiger partial charge in [0.05, 0.1) is 23.9 Å². The van der Waals surface area contributed by atoms with E-state index in [0.717, 1.165) is 30.0 Å². The van der Waals surface area contributed by atoms with Gasteiger partial charge in [0.1, 0.15) is 0 Å². The summed E-state index contributed by atoms with van der Waals surface area (Å²) in [6, 6.07) is 0.517. The predicted octanol–water partition coefficient (Wildman–Crippen LogP) is 0.793. The van der Waals surface area contributed by atoms with Crippen LogP contribution >= 0.6 is 0 Å². The van der Waals surface area contributed by atoms with Crippen molar-refractivity contribution >= 4 is 5.91 Å². The number of hydrogen-bond donors (Lipinski definition) is 2. The van der Waals surface area contributed by atoms with Crippen LogP contribution in [-0.4, -0.2) is 59.9 Å². The van der Waals surface area contributed by atoms with E-state index >= 15 is 0 Å². The minimum atomic E-state index is 0.113. The molecule has 2 fully saturated rings. The van der Waals surface area contributed by atoms with Crippen molar-refractivity contribution in [1.82, 2.24) is 20.4 Å². The first kappa shape index (κ1) is 15.5. The van der Waals surface area contributed by atoms with Crippen LogP contribution in [0.3, 0.4) is 0 Å². The summed E-state index contributed by atoms with van der Waals surface area (Å²) in [5.41, 5.74) is 3.23. The fraction of sp³-hybridized carbons (Fsp3) is 0.750. The summed E-state index contributed by atoms with van der Waals surface area (Å²) in [6.07, 6.45) is 2.51. The van der Waals surface area contributed by atoms with Crippen LogP contribution in [0, 0.1) is 19.8 Å². The van der Waals surface area contributed by atoms with Gasteiger partial charge in [0.2, 0.25) is 5.91 Å². The summed E-state index contributed by atoms with van der Waals surface area (Å²) in [5.74, 6) is 0.591. The third-order valence-electron chi connectivity index (χ3n) is 5.22. The lowest BCUT2D eigenvalue weighted by molar-refractivity contribution is -0.128. The largest absolute Gasteiger partial charge is 0.376 e. The lowest BCUT2D eigenvalue weighted by Crippen LogP contribution is -2.69. The fourth-order valence-electron chi connectivity index (χ4n) is 3.75. The van der Waals surface area contributed by atoms with Gasteiger partial charge in [-0.25, -0.2) is 0 Å². The van der Waals surface area contributed by atoms with Crippen LogP contribution in [-0.2, 0) is 16.0 Å². The molecule has 0 aromatic carbocycles. The van der Waals surface area contributed by atoms with E-state index in [0.29, 0.717) is 24.8 Å². The van der Waals surface area contributed by atoms with Crippen molar-refractivity contribution in [2.24, 2.45) is 5.92 Å². The van der Waals surface area contributed by atoms with Crippen molar-refractivity contribution in [2.45, 2.75) is 51.3 Å². The Kier molecular flexibility index (Phi) is 4.23. The van der Waals surface area contributed by atoms with Gasteiger partial charge >= 0.3 is 0 Å². The van der Waals surface area contributed by atoms with Crippen molar-refractivity contribution < 1.29 is 9.53 Å². The van der Waals surface area contributed by atoms with Crippen LogP contribution in [0.25, 0.3) is 0 Å². The van der Waals surface area contributed by atoms with Gasteiger partial charge in [-0.1, -0.05) is 0 Å². The maximum atomic E-state index is 12.3. The first-order chi connectivity index (χ1) is 10.5. The van der Waals surface area contributed by atoms with Gasteiger partial charge in [-0.2, -0.15) is 5.10 Å². The van der Waals surface area contributed by atoms with E-state index in [9.17, 15) is 4.79 Å². The second-order valence-corrected chi connectivity index (χ2v) is 6.76. The van der Waals surface area contributed by atoms with Gasteiger partial charge < -0.3 is 15.0 Å². The summed E-state index contributed by atoms with van der Waals surface area (Å²) < 4.78 is 5.78. The zero-order chi connectivity index (χ0) is 15.9. The molecule has 3 rings (SSSR count). The van der Waals surface area contributed by atoms with Gasteiger partial charge in [0.15, 0.2) is 0 Å². The molecule has 1 aromatic heterocycles. The van der Waals surface area contributed by atoms with E-state index in [1.165, 1.54) is 0 Å². The Morgan fingerprint density at radius 1 is 1.45 bits per heavy atom. The molecule has 1 aliphatic heterocycles. The third kappa shape index (κ3) is 2.65. The zero-order valence-electron chi connectivity index (χ0n) is 13.8. The van der Waals surface area contributed by atoms with Crippen molar-refractivity contribution in [1.29, 1.82) is 0 Å². The van der Waals surface area contributed by atoms with Crippen LogP contribution < -0.4 is 5.32 Å². The van der Waals surface area contributed by atoms with Gasteiger partial charge in [-0.05, 0) is 39.9 Å². The fourth-order valence-corrected chi connectivity index (χ4v) is 3.75. The topological polar surface area (TPSA) is 70.2 Å². The SMILES string of the molecule is Cc1[nH]nc(CCC(=O)N[C@@H]2[C@@H]3CCO[C@@H]3[C@H]2N(C)C)c1C. The maximum absolute atomic E-state index is 12.3. The number of aromatic nitrogens is 2. The number of aromatic amines is 1. The number of amides is 1. The summed E-state index contributed by atoms with van der Waals surface area (Å²) in [6.45, 7) is 4.86. The average Bonchev–Trinajstić information content (AvgIpc) is 3.00. The lowest BCUT2D eigenvalue weighted by atomic mass is 9.71. The van der Waals surface area contributed by atoms with E-state index in [-0.39, 0.29) is 18.1 Å². The molecule has 6 heteroatoms. The lowest BCUT2D eigenvalue weighted by Gasteiger charge is -2.50. The highest BCUT2D eigenvalue weighted by atomic mass is 16.5. The minimum Gasteiger partial charge on any atom is -0.376 e. The molecule has 2 N–H and O–H groups in total. The monoisotopic (exact) mass is 306 g/mol. The van der Waals surface area contributed by atoms with Crippen LogP contribution in [0.1, 0.15) is 29.8 Å². The quantitative estimate of drug-likeness (QED) is 0.844. The predicted molar refractivity (Wildman–Crippen MR) is 83.6 cm³/mol. The number of aryl methyl sites for hydroxylation is 2. The first-order valence-electron chi connectivity index (χ1n) is 8.07. The summed E-state index contributed by atoms with van der Waals surface area (Å²) in [4.78, 5) is 14.5. The Bertz CT molecular complexity index is 554. The number of nitrogens with one attached hydrogen (secondary N) is 2. The summed E-state index contributed by atoms with van der Waals surface area (Å²) in [5, 5.41) is 10.5. The van der Waals surface area contributed by atoms with Gasteiger partial charge in [0.25, 0.3) is 0 Å². The molecule has 6 nitrogen and oxygen atoms in total. The molecule has 1 amide bonds. The van der Waals surface area contributed by atoms with Gasteiger partial charge in [-0.15, -0.1) is 0 Å². The number of likely N-dealkylation sites (N-methyl/N-ethyl adjacent to an activating group) is 1. The molecule has 1 saturated carbocycles. The summed E-state index contributed by atoms with van der Waals surface area (Å²) in [7, 11) is 4.11. The standard InChI is InChI=1S/C16H26N4O2/c1-9-10(2)18-19-12(9)5-6-13(21)17-14-11-7-8-22-16(11)15(14)20(3)4/h11,14-16H,5-8H2,1-4H3,(H,17,21)(H,18,19)/t11-,14+,15-,16-/m0/s1. The molecule has 0 radical (unpaired) electrons. The van der Waals surface area contributed by atoms with Crippen LogP contribution in [0.2, 0.25) is 0 Å². The van der Waals surface area contributed by atoms with Crippen LogP contribution in [0.4, 0.5) is 0 Å². The van der Waals surface area contributed by atoms with Crippen molar-refractivity contribution in [3.63, 3.8) is 0 Å². The zero-order valence-corrected chi connectivity index (χ0v) is 13.8. The summed E-state index contributed by atoms with van der Waals surface area (Å²) >= 11 is 0. The number of H-pyrrole nitrogens is 1. The molecule has 1 saturated heterocycles. The number of carbonyl (C=O) groups excluding carboxylic acids is 1. The molecule has 1 aromatic rings. The van der Waals surface area contributed by atoms with Gasteiger partial charge in [-0.3, -0.25) is 9.89 Å². The van der Waals surface area contributed by atoms with Crippen LogP contribution in [0.15, 0.2) is 0 Å². The molecule has 0 bridgehead atoms. The number of ether oxygens (including phenoxy) is 1. The molecule has 2 aliphatic rings. The normalized spacial score (nSPS) is 30.2. The Morgan fingerprint density at radius 2 is 2.23 bits per heavy atom. The average molecular weight is 306 g/mol. The molecular weight excluding hydrogens is 280 g/mol. The van der Waals surface area contributed by atoms with Crippen molar-refractivity contribution in [3.8, 4) is 0 Å². The Hall–Kier alpha value is -1.40. The molecule has 2 heterocycles. The third-order valence-corrected chi connectivity index (χ3v) is 5.22. The van der Waals surface area contributed by atoms with E-state index in [4.69, 9.17) is 4.74 Å². The first-order valence-corrected chi connectivity index (χ1v) is 8.07. The second kappa shape index (κ2) is 6.01. The molecule has 1 aliphatic carbocycles. The Balaban J connectivity index is 1.54. The van der Waals surface area contributed by atoms with Crippen molar-refractivity contribution in [3.05, 3.63) is 17.0 Å². The highest BCUT2D eigenvalue weighted by molar-refractivity contribution is 5.76. The Morgan fingerprint density at radius 3 is 2.86 bits per heavy atom. The van der Waals surface area contributed by atoms with Crippen LogP contribution in [0.5, 0.6) is 0 Å². The number of nitrogens with zero attached hydrogens (tertiary/aromatic N) is 2. The number of hydrogen-bond acceptors (Lipinski definition) is 4. The number of carbonyl (C=O) groups is 1. The molecule has 0 unspecified atom stereocenters. The number of rotatable bonds is 5. The van der Waals surface area contributed by atoms with E-state index in [1.807, 2.05) is 13.8 Å². The minimum absolute atomic E-state index is 0.113. The maximum Gasteiger partial charge on any atom is 0.220 e. The molecular formula is C16H26N4O2. The van der Waals surface area contributed by atoms with Gasteiger partial charge in [0, 0.05) is 31.1 Å². The molecule has 0 spiro atoms.